The number of benzene rings is 1. The largest absolute Gasteiger partial charge is 0.378 e. The Hall–Kier alpha value is -3.27. The maximum absolute atomic E-state index is 11.2. The number of ether oxygens (including phenoxy) is 1. The number of rotatable bonds is 6. The van der Waals surface area contributed by atoms with Gasteiger partial charge in [-0.3, -0.25) is 4.79 Å². The third-order valence-corrected chi connectivity index (χ3v) is 5.49. The van der Waals surface area contributed by atoms with E-state index in [-0.39, 0.29) is 5.91 Å². The molecule has 170 valence electrons. The molecule has 2 fully saturated rings. The highest BCUT2D eigenvalue weighted by Gasteiger charge is 2.20. The summed E-state index contributed by atoms with van der Waals surface area (Å²) in [6.45, 7) is 8.15. The number of amides is 1. The van der Waals surface area contributed by atoms with Crippen LogP contribution in [-0.4, -0.2) is 66.0 Å². The molecule has 0 radical (unpaired) electrons. The highest BCUT2D eigenvalue weighted by atomic mass is 16.5. The number of hydrogen-bond acceptors (Lipinski definition) is 9. The van der Waals surface area contributed by atoms with Gasteiger partial charge in [-0.2, -0.15) is 20.1 Å². The van der Waals surface area contributed by atoms with Crippen LogP contribution < -0.4 is 20.5 Å². The summed E-state index contributed by atoms with van der Waals surface area (Å²) in [5.74, 6) is 1.67. The summed E-state index contributed by atoms with van der Waals surface area (Å²) in [6, 6.07) is 7.53. The summed E-state index contributed by atoms with van der Waals surface area (Å²) < 4.78 is 5.47. The Labute approximate surface area is 188 Å². The van der Waals surface area contributed by atoms with E-state index in [0.29, 0.717) is 31.1 Å². The first kappa shape index (κ1) is 21.9. The fraction of sp³-hybridized carbons (Fsp3) is 0.500. The highest BCUT2D eigenvalue weighted by molar-refractivity contribution is 5.99. The fourth-order valence-electron chi connectivity index (χ4n) is 3.74. The van der Waals surface area contributed by atoms with Crippen LogP contribution in [0, 0.1) is 0 Å². The number of hydrazone groups is 1. The lowest BCUT2D eigenvalue weighted by Gasteiger charge is -2.30. The van der Waals surface area contributed by atoms with Crippen molar-refractivity contribution >= 4 is 35.2 Å². The third-order valence-electron chi connectivity index (χ3n) is 5.49. The van der Waals surface area contributed by atoms with Crippen LogP contribution in [0.1, 0.15) is 38.7 Å². The zero-order chi connectivity index (χ0) is 22.3. The Kier molecular flexibility index (Phi) is 7.10. The molecule has 0 aliphatic carbocycles. The van der Waals surface area contributed by atoms with Gasteiger partial charge in [0.15, 0.2) is 0 Å². The van der Waals surface area contributed by atoms with Crippen LogP contribution >= 0.6 is 0 Å². The van der Waals surface area contributed by atoms with Gasteiger partial charge in [0.2, 0.25) is 23.8 Å². The first-order valence-corrected chi connectivity index (χ1v) is 11.1. The summed E-state index contributed by atoms with van der Waals surface area (Å²) in [5, 5.41) is 7.26. The number of aromatic nitrogens is 3. The zero-order valence-corrected chi connectivity index (χ0v) is 18.7. The molecule has 10 heteroatoms. The molecule has 2 aliphatic heterocycles. The molecule has 2 N–H and O–H groups in total. The average molecular weight is 439 g/mol. The molecule has 0 bridgehead atoms. The van der Waals surface area contributed by atoms with Crippen molar-refractivity contribution in [3.63, 3.8) is 0 Å². The molecule has 2 aromatic rings. The maximum Gasteiger partial charge on any atom is 0.250 e. The zero-order valence-electron chi connectivity index (χ0n) is 18.7. The molecule has 1 amide bonds. The first-order chi connectivity index (χ1) is 15.6. The number of carbonyl (C=O) groups is 1. The topological polar surface area (TPSA) is 108 Å². The number of piperidine rings is 1. The predicted octanol–water partition coefficient (Wildman–Crippen LogP) is 2.49. The fourth-order valence-corrected chi connectivity index (χ4v) is 3.74. The van der Waals surface area contributed by atoms with Crippen LogP contribution in [0.2, 0.25) is 0 Å². The minimum atomic E-state index is -0.0970. The third kappa shape index (κ3) is 5.70. The van der Waals surface area contributed by atoms with E-state index in [4.69, 9.17) is 9.72 Å². The van der Waals surface area contributed by atoms with E-state index >= 15 is 0 Å². The van der Waals surface area contributed by atoms with E-state index in [9.17, 15) is 4.79 Å². The number of morpholine rings is 1. The predicted molar refractivity (Wildman–Crippen MR) is 126 cm³/mol. The summed E-state index contributed by atoms with van der Waals surface area (Å²) in [5.41, 5.74) is 5.49. The lowest BCUT2D eigenvalue weighted by Crippen LogP contribution is -2.38. The second-order valence-corrected chi connectivity index (χ2v) is 7.97. The monoisotopic (exact) mass is 438 g/mol. The van der Waals surface area contributed by atoms with E-state index in [1.807, 2.05) is 31.2 Å². The lowest BCUT2D eigenvalue weighted by atomic mass is 10.1. The molecule has 3 heterocycles. The number of nitrogens with one attached hydrogen (secondary N) is 2. The molecular weight excluding hydrogens is 408 g/mol. The van der Waals surface area contributed by atoms with Crippen LogP contribution in [0.15, 0.2) is 29.4 Å². The van der Waals surface area contributed by atoms with E-state index in [1.54, 1.807) is 0 Å². The molecule has 0 unspecified atom stereocenters. The van der Waals surface area contributed by atoms with E-state index in [1.165, 1.54) is 13.3 Å². The van der Waals surface area contributed by atoms with Gasteiger partial charge in [0.25, 0.3) is 0 Å². The molecule has 2 aliphatic rings. The average Bonchev–Trinajstić information content (AvgIpc) is 2.83. The van der Waals surface area contributed by atoms with Gasteiger partial charge >= 0.3 is 0 Å². The minimum absolute atomic E-state index is 0.0970. The molecule has 0 atom stereocenters. The van der Waals surface area contributed by atoms with Crippen molar-refractivity contribution in [3.05, 3.63) is 29.8 Å². The lowest BCUT2D eigenvalue weighted by molar-refractivity contribution is -0.114. The number of hydrogen-bond donors (Lipinski definition) is 2. The molecule has 0 saturated carbocycles. The van der Waals surface area contributed by atoms with Gasteiger partial charge in [0.1, 0.15) is 0 Å². The summed E-state index contributed by atoms with van der Waals surface area (Å²) in [7, 11) is 0. The highest BCUT2D eigenvalue weighted by Crippen LogP contribution is 2.21. The standard InChI is InChI=1S/C22H30N8O2/c1-16(18-6-8-19(9-7-18)23-17(2)31)27-28-20-24-21(29-10-4-3-5-11-29)26-22(25-20)30-12-14-32-15-13-30/h6-9H,3-5,10-15H2,1-2H3,(H,23,31)(H,24,25,26,28)/b27-16-. The Balaban J connectivity index is 1.53. The Morgan fingerprint density at radius 3 is 2.16 bits per heavy atom. The normalized spacial score (nSPS) is 17.2. The van der Waals surface area contributed by atoms with Gasteiger partial charge in [0.05, 0.1) is 18.9 Å². The van der Waals surface area contributed by atoms with Gasteiger partial charge in [-0.1, -0.05) is 12.1 Å². The molecule has 1 aromatic heterocycles. The van der Waals surface area contributed by atoms with Gasteiger partial charge in [-0.15, -0.1) is 0 Å². The second kappa shape index (κ2) is 10.4. The SMILES string of the molecule is CC(=O)Nc1ccc(/C(C)=N\Nc2nc(N3CCCCC3)nc(N3CCOCC3)n2)cc1. The molecule has 4 rings (SSSR count). The maximum atomic E-state index is 11.2. The van der Waals surface area contributed by atoms with Crippen molar-refractivity contribution in [2.24, 2.45) is 5.10 Å². The molecule has 32 heavy (non-hydrogen) atoms. The summed E-state index contributed by atoms with van der Waals surface area (Å²) in [6.07, 6.45) is 3.54. The Morgan fingerprint density at radius 1 is 0.906 bits per heavy atom. The van der Waals surface area contributed by atoms with Crippen LogP contribution in [0.5, 0.6) is 0 Å². The van der Waals surface area contributed by atoms with Crippen LogP contribution in [-0.2, 0) is 9.53 Å². The van der Waals surface area contributed by atoms with Crippen molar-refractivity contribution in [1.29, 1.82) is 0 Å². The molecule has 2 saturated heterocycles. The second-order valence-electron chi connectivity index (χ2n) is 7.97. The van der Waals surface area contributed by atoms with E-state index in [0.717, 1.165) is 56.0 Å². The van der Waals surface area contributed by atoms with Crippen molar-refractivity contribution in [3.8, 4) is 0 Å². The molecule has 1 aromatic carbocycles. The van der Waals surface area contributed by atoms with Crippen LogP contribution in [0.4, 0.5) is 23.5 Å². The van der Waals surface area contributed by atoms with Crippen molar-refractivity contribution < 1.29 is 9.53 Å². The quantitative estimate of drug-likeness (QED) is 0.523. The van der Waals surface area contributed by atoms with E-state index in [2.05, 4.69) is 35.6 Å². The van der Waals surface area contributed by atoms with E-state index < -0.39 is 0 Å². The molecule has 10 nitrogen and oxygen atoms in total. The van der Waals surface area contributed by atoms with Crippen LogP contribution in [0.25, 0.3) is 0 Å². The number of carbonyl (C=O) groups excluding carboxylic acids is 1. The molecule has 0 spiro atoms. The Bertz CT molecular complexity index is 915. The van der Waals surface area contributed by atoms with Gasteiger partial charge in [-0.25, -0.2) is 5.43 Å². The first-order valence-electron chi connectivity index (χ1n) is 11.1. The minimum Gasteiger partial charge on any atom is -0.378 e. The van der Waals surface area contributed by atoms with Crippen LogP contribution in [0.3, 0.4) is 0 Å². The number of anilines is 4. The van der Waals surface area contributed by atoms with Gasteiger partial charge < -0.3 is 19.9 Å². The summed E-state index contributed by atoms with van der Waals surface area (Å²) in [4.78, 5) is 29.6. The smallest absolute Gasteiger partial charge is 0.250 e. The Morgan fingerprint density at radius 2 is 1.53 bits per heavy atom. The molecular formula is C22H30N8O2. The van der Waals surface area contributed by atoms with Gasteiger partial charge in [-0.05, 0) is 43.9 Å². The van der Waals surface area contributed by atoms with Crippen molar-refractivity contribution in [2.45, 2.75) is 33.1 Å². The summed E-state index contributed by atoms with van der Waals surface area (Å²) >= 11 is 0. The number of nitrogens with zero attached hydrogens (tertiary/aromatic N) is 6. The van der Waals surface area contributed by atoms with Crippen molar-refractivity contribution in [1.82, 2.24) is 15.0 Å². The van der Waals surface area contributed by atoms with Gasteiger partial charge in [0, 0.05) is 38.8 Å². The van der Waals surface area contributed by atoms with Crippen molar-refractivity contribution in [2.75, 3.05) is 59.9 Å².